The molecule has 1 heterocycles. The third-order valence-corrected chi connectivity index (χ3v) is 3.28. The molecule has 124 valence electrons. The predicted molar refractivity (Wildman–Crippen MR) is 77.9 cm³/mol. The van der Waals surface area contributed by atoms with E-state index in [1.807, 2.05) is 0 Å². The van der Waals surface area contributed by atoms with Crippen LogP contribution in [-0.2, 0) is 11.3 Å². The minimum absolute atomic E-state index is 0. The highest BCUT2D eigenvalue weighted by molar-refractivity contribution is 5.85. The lowest BCUT2D eigenvalue weighted by molar-refractivity contribution is -0.274. The molecule has 2 N–H and O–H groups in total. The molecule has 22 heavy (non-hydrogen) atoms. The van der Waals surface area contributed by atoms with Crippen molar-refractivity contribution < 1.29 is 22.7 Å². The van der Waals surface area contributed by atoms with E-state index in [1.165, 1.54) is 18.2 Å². The first-order valence-corrected chi connectivity index (χ1v) is 6.80. The van der Waals surface area contributed by atoms with Gasteiger partial charge in [-0.15, -0.1) is 25.6 Å². The van der Waals surface area contributed by atoms with Gasteiger partial charge >= 0.3 is 6.36 Å². The zero-order valence-electron chi connectivity index (χ0n) is 11.8. The van der Waals surface area contributed by atoms with Crippen LogP contribution in [0, 0.1) is 0 Å². The van der Waals surface area contributed by atoms with Gasteiger partial charge in [-0.2, -0.15) is 0 Å². The van der Waals surface area contributed by atoms with Gasteiger partial charge in [0.1, 0.15) is 5.75 Å². The molecule has 1 aliphatic heterocycles. The summed E-state index contributed by atoms with van der Waals surface area (Å²) in [5.74, 6) is -0.488. The van der Waals surface area contributed by atoms with Crippen molar-refractivity contribution >= 4 is 18.3 Å². The monoisotopic (exact) mass is 338 g/mol. The molecule has 0 spiro atoms. The van der Waals surface area contributed by atoms with Crippen LogP contribution in [0.3, 0.4) is 0 Å². The first-order chi connectivity index (χ1) is 9.96. The van der Waals surface area contributed by atoms with Crippen LogP contribution in [0.25, 0.3) is 0 Å². The Balaban J connectivity index is 0.00000242. The van der Waals surface area contributed by atoms with Gasteiger partial charge in [0, 0.05) is 12.1 Å². The molecule has 8 heteroatoms. The van der Waals surface area contributed by atoms with Gasteiger partial charge in [-0.3, -0.25) is 4.79 Å². The maximum Gasteiger partial charge on any atom is 0.573 e. The third kappa shape index (κ3) is 5.73. The lowest BCUT2D eigenvalue weighted by Crippen LogP contribution is -2.46. The Morgan fingerprint density at radius 2 is 2.05 bits per heavy atom. The standard InChI is InChI=1S/C14H17F3N2O2.ClH/c15-14(16,17)21-12-7-2-1-5-10(12)9-19-13(20)11-6-3-4-8-18-11;/h1-2,5,7,11,18H,3-4,6,8-9H2,(H,19,20);1H. The Kier molecular flexibility index (Phi) is 6.96. The molecule has 1 unspecified atom stereocenters. The van der Waals surface area contributed by atoms with Crippen molar-refractivity contribution in [2.75, 3.05) is 6.54 Å². The van der Waals surface area contributed by atoms with Gasteiger partial charge in [0.2, 0.25) is 5.91 Å². The van der Waals surface area contributed by atoms with Crippen molar-refractivity contribution in [3.05, 3.63) is 29.8 Å². The molecule has 1 aromatic carbocycles. The molecule has 1 saturated heterocycles. The number of halogens is 4. The van der Waals surface area contributed by atoms with E-state index in [-0.39, 0.29) is 36.7 Å². The quantitative estimate of drug-likeness (QED) is 0.887. The summed E-state index contributed by atoms with van der Waals surface area (Å²) in [4.78, 5) is 11.9. The second-order valence-corrected chi connectivity index (χ2v) is 4.88. The Hall–Kier alpha value is -1.47. The van der Waals surface area contributed by atoms with Crippen molar-refractivity contribution in [1.29, 1.82) is 0 Å². The Morgan fingerprint density at radius 3 is 2.68 bits per heavy atom. The van der Waals surface area contributed by atoms with Gasteiger partial charge in [0.05, 0.1) is 6.04 Å². The van der Waals surface area contributed by atoms with E-state index in [9.17, 15) is 18.0 Å². The zero-order chi connectivity index (χ0) is 15.3. The molecule has 0 radical (unpaired) electrons. The number of carbonyl (C=O) groups excluding carboxylic acids is 1. The Morgan fingerprint density at radius 1 is 1.32 bits per heavy atom. The van der Waals surface area contributed by atoms with E-state index in [0.29, 0.717) is 5.56 Å². The topological polar surface area (TPSA) is 50.4 Å². The summed E-state index contributed by atoms with van der Waals surface area (Å²) >= 11 is 0. The lowest BCUT2D eigenvalue weighted by atomic mass is 10.0. The van der Waals surface area contributed by atoms with Crippen molar-refractivity contribution in [2.45, 2.75) is 38.2 Å². The van der Waals surface area contributed by atoms with Crippen LogP contribution < -0.4 is 15.4 Å². The van der Waals surface area contributed by atoms with Gasteiger partial charge in [0.25, 0.3) is 0 Å². The van der Waals surface area contributed by atoms with Gasteiger partial charge in [-0.25, -0.2) is 0 Å². The fraction of sp³-hybridized carbons (Fsp3) is 0.500. The molecule has 1 aliphatic rings. The summed E-state index contributed by atoms with van der Waals surface area (Å²) in [6, 6.07) is 5.51. The van der Waals surface area contributed by atoms with Gasteiger partial charge < -0.3 is 15.4 Å². The first kappa shape index (κ1) is 18.6. The maximum atomic E-state index is 12.3. The normalized spacial score (nSPS) is 18.2. The molecular weight excluding hydrogens is 321 g/mol. The van der Waals surface area contributed by atoms with E-state index >= 15 is 0 Å². The first-order valence-electron chi connectivity index (χ1n) is 6.80. The molecular formula is C14H18ClF3N2O2. The second-order valence-electron chi connectivity index (χ2n) is 4.88. The summed E-state index contributed by atoms with van der Waals surface area (Å²) in [5.41, 5.74) is 0.291. The van der Waals surface area contributed by atoms with Crippen LogP contribution in [0.1, 0.15) is 24.8 Å². The van der Waals surface area contributed by atoms with E-state index in [2.05, 4.69) is 15.4 Å². The van der Waals surface area contributed by atoms with Crippen LogP contribution in [0.5, 0.6) is 5.75 Å². The Labute approximate surface area is 132 Å². The number of alkyl halides is 3. The molecule has 1 aromatic rings. The van der Waals surface area contributed by atoms with E-state index in [1.54, 1.807) is 6.07 Å². The fourth-order valence-corrected chi connectivity index (χ4v) is 2.26. The minimum atomic E-state index is -4.75. The number of amides is 1. The molecule has 1 atom stereocenters. The summed E-state index contributed by atoms with van der Waals surface area (Å²) in [6.07, 6.45) is -2.00. The average molecular weight is 339 g/mol. The largest absolute Gasteiger partial charge is 0.573 e. The summed E-state index contributed by atoms with van der Waals surface area (Å²) < 4.78 is 40.8. The van der Waals surface area contributed by atoms with Gasteiger partial charge in [-0.1, -0.05) is 24.6 Å². The fourth-order valence-electron chi connectivity index (χ4n) is 2.26. The SMILES string of the molecule is Cl.O=C(NCc1ccccc1OC(F)(F)F)C1CCCCN1. The van der Waals surface area contributed by atoms with Crippen molar-refractivity contribution in [3.63, 3.8) is 0 Å². The number of piperidine rings is 1. The summed E-state index contributed by atoms with van der Waals surface area (Å²) in [6.45, 7) is 0.787. The number of rotatable bonds is 4. The average Bonchev–Trinajstić information content (AvgIpc) is 2.45. The molecule has 2 rings (SSSR count). The van der Waals surface area contributed by atoms with Crippen LogP contribution in [-0.4, -0.2) is 24.9 Å². The highest BCUT2D eigenvalue weighted by atomic mass is 35.5. The highest BCUT2D eigenvalue weighted by Crippen LogP contribution is 2.26. The molecule has 0 bridgehead atoms. The molecule has 0 aliphatic carbocycles. The van der Waals surface area contributed by atoms with Crippen LogP contribution in [0.2, 0.25) is 0 Å². The van der Waals surface area contributed by atoms with Crippen molar-refractivity contribution in [2.24, 2.45) is 0 Å². The highest BCUT2D eigenvalue weighted by Gasteiger charge is 2.32. The second kappa shape index (κ2) is 8.24. The van der Waals surface area contributed by atoms with Gasteiger partial charge in [-0.05, 0) is 25.5 Å². The van der Waals surface area contributed by atoms with Crippen molar-refractivity contribution in [1.82, 2.24) is 10.6 Å². The van der Waals surface area contributed by atoms with E-state index in [4.69, 9.17) is 0 Å². The lowest BCUT2D eigenvalue weighted by Gasteiger charge is -2.22. The van der Waals surface area contributed by atoms with Crippen LogP contribution >= 0.6 is 12.4 Å². The number of para-hydroxylation sites is 1. The number of hydrogen-bond acceptors (Lipinski definition) is 3. The van der Waals surface area contributed by atoms with Crippen molar-refractivity contribution in [3.8, 4) is 5.75 Å². The number of carbonyl (C=O) groups is 1. The number of nitrogens with one attached hydrogen (secondary N) is 2. The number of hydrogen-bond donors (Lipinski definition) is 2. The van der Waals surface area contributed by atoms with Gasteiger partial charge in [0.15, 0.2) is 0 Å². The third-order valence-electron chi connectivity index (χ3n) is 3.28. The molecule has 0 saturated carbocycles. The zero-order valence-corrected chi connectivity index (χ0v) is 12.6. The molecule has 0 aromatic heterocycles. The van der Waals surface area contributed by atoms with E-state index < -0.39 is 6.36 Å². The van der Waals surface area contributed by atoms with E-state index in [0.717, 1.165) is 25.8 Å². The maximum absolute atomic E-state index is 12.3. The minimum Gasteiger partial charge on any atom is -0.405 e. The number of ether oxygens (including phenoxy) is 1. The molecule has 1 amide bonds. The molecule has 1 fully saturated rings. The predicted octanol–water partition coefficient (Wildman–Crippen LogP) is 2.77. The molecule has 4 nitrogen and oxygen atoms in total. The Bertz CT molecular complexity index is 491. The number of benzene rings is 1. The smallest absolute Gasteiger partial charge is 0.405 e. The summed E-state index contributed by atoms with van der Waals surface area (Å²) in [7, 11) is 0. The van der Waals surface area contributed by atoms with Crippen LogP contribution in [0.4, 0.5) is 13.2 Å². The van der Waals surface area contributed by atoms with Crippen LogP contribution in [0.15, 0.2) is 24.3 Å². The summed E-state index contributed by atoms with van der Waals surface area (Å²) in [5, 5.41) is 5.73.